The number of carbonyl (C=O) groups is 2. The summed E-state index contributed by atoms with van der Waals surface area (Å²) in [6, 6.07) is 5.40. The van der Waals surface area contributed by atoms with Gasteiger partial charge in [0.1, 0.15) is 16.5 Å². The smallest absolute Gasteiger partial charge is 0.343 e. The van der Waals surface area contributed by atoms with Gasteiger partial charge in [0, 0.05) is 6.54 Å². The number of carbonyl (C=O) groups excluding carboxylic acids is 2. The van der Waals surface area contributed by atoms with E-state index >= 15 is 0 Å². The zero-order valence-electron chi connectivity index (χ0n) is 16.0. The van der Waals surface area contributed by atoms with Crippen molar-refractivity contribution < 1.29 is 19.1 Å². The van der Waals surface area contributed by atoms with E-state index < -0.39 is 18.5 Å². The van der Waals surface area contributed by atoms with Crippen molar-refractivity contribution >= 4 is 29.2 Å². The number of halogens is 1. The van der Waals surface area contributed by atoms with Crippen LogP contribution in [-0.4, -0.2) is 35.4 Å². The van der Waals surface area contributed by atoms with Gasteiger partial charge in [-0.3, -0.25) is 9.48 Å². The third kappa shape index (κ3) is 5.23. The Balaban J connectivity index is 2.00. The van der Waals surface area contributed by atoms with Gasteiger partial charge in [-0.1, -0.05) is 31.0 Å². The van der Waals surface area contributed by atoms with Crippen LogP contribution in [0.4, 0.5) is 5.69 Å². The lowest BCUT2D eigenvalue weighted by Gasteiger charge is -2.11. The molecular weight excluding hydrogens is 370 g/mol. The minimum Gasteiger partial charge on any atom is -0.495 e. The first-order valence-corrected chi connectivity index (χ1v) is 9.09. The number of nitrogens with one attached hydrogen (secondary N) is 1. The number of amides is 1. The molecule has 7 nitrogen and oxygen atoms in total. The molecule has 0 atom stereocenters. The van der Waals surface area contributed by atoms with Crippen molar-refractivity contribution in [2.24, 2.45) is 0 Å². The number of aromatic nitrogens is 2. The predicted molar refractivity (Wildman–Crippen MR) is 104 cm³/mol. The molecule has 146 valence electrons. The summed E-state index contributed by atoms with van der Waals surface area (Å²) < 4.78 is 11.9. The van der Waals surface area contributed by atoms with Crippen LogP contribution in [-0.2, 0) is 16.1 Å². The maximum Gasteiger partial charge on any atom is 0.343 e. The number of anilines is 1. The molecule has 1 aromatic carbocycles. The number of esters is 1. The molecule has 27 heavy (non-hydrogen) atoms. The maximum absolute atomic E-state index is 12.3. The summed E-state index contributed by atoms with van der Waals surface area (Å²) in [6.07, 6.45) is 1.88. The number of ether oxygens (including phenoxy) is 2. The van der Waals surface area contributed by atoms with Crippen molar-refractivity contribution in [2.75, 3.05) is 19.0 Å². The quantitative estimate of drug-likeness (QED) is 0.690. The Hall–Kier alpha value is -2.54. The number of hydrogen-bond donors (Lipinski definition) is 1. The van der Waals surface area contributed by atoms with Crippen LogP contribution in [0.2, 0.25) is 5.15 Å². The number of rotatable bonds is 8. The van der Waals surface area contributed by atoms with Gasteiger partial charge < -0.3 is 14.8 Å². The molecule has 0 bridgehead atoms. The standard InChI is InChI=1S/C19H24ClN3O4/c1-5-6-9-23-18(20)17(13(3)22-23)19(25)27-11-16(24)21-14-10-12(2)7-8-15(14)26-4/h7-8,10H,5-6,9,11H2,1-4H3,(H,21,24). The van der Waals surface area contributed by atoms with Crippen molar-refractivity contribution in [3.05, 3.63) is 40.2 Å². The molecule has 2 aromatic rings. The fourth-order valence-corrected chi connectivity index (χ4v) is 2.89. The molecular formula is C19H24ClN3O4. The summed E-state index contributed by atoms with van der Waals surface area (Å²) in [5.41, 5.74) is 2.14. The summed E-state index contributed by atoms with van der Waals surface area (Å²) in [5.74, 6) is -0.623. The minimum absolute atomic E-state index is 0.189. The molecule has 2 rings (SSSR count). The van der Waals surface area contributed by atoms with E-state index in [9.17, 15) is 9.59 Å². The Morgan fingerprint density at radius 2 is 2.04 bits per heavy atom. The summed E-state index contributed by atoms with van der Waals surface area (Å²) in [6.45, 7) is 5.82. The van der Waals surface area contributed by atoms with Gasteiger partial charge in [0.25, 0.3) is 5.91 Å². The number of nitrogens with zero attached hydrogens (tertiary/aromatic N) is 2. The molecule has 1 N–H and O–H groups in total. The first kappa shape index (κ1) is 20.8. The monoisotopic (exact) mass is 393 g/mol. The van der Waals surface area contributed by atoms with E-state index in [0.29, 0.717) is 23.7 Å². The second-order valence-corrected chi connectivity index (χ2v) is 6.51. The fraction of sp³-hybridized carbons (Fsp3) is 0.421. The van der Waals surface area contributed by atoms with Crippen molar-refractivity contribution in [1.29, 1.82) is 0 Å². The average molecular weight is 394 g/mol. The minimum atomic E-state index is -0.674. The van der Waals surface area contributed by atoms with E-state index in [-0.39, 0.29) is 10.7 Å². The van der Waals surface area contributed by atoms with Gasteiger partial charge in [-0.05, 0) is 38.0 Å². The molecule has 0 saturated heterocycles. The van der Waals surface area contributed by atoms with Gasteiger partial charge in [-0.25, -0.2) is 4.79 Å². The van der Waals surface area contributed by atoms with Crippen LogP contribution in [0.15, 0.2) is 18.2 Å². The summed E-state index contributed by atoms with van der Waals surface area (Å²) >= 11 is 6.24. The van der Waals surface area contributed by atoms with Gasteiger partial charge in [0.05, 0.1) is 18.5 Å². The Labute approximate surface area is 163 Å². The molecule has 1 heterocycles. The lowest BCUT2D eigenvalue weighted by atomic mass is 10.2. The molecule has 1 aromatic heterocycles. The van der Waals surface area contributed by atoms with Crippen LogP contribution >= 0.6 is 11.6 Å². The zero-order chi connectivity index (χ0) is 20.0. The first-order valence-electron chi connectivity index (χ1n) is 8.71. The highest BCUT2D eigenvalue weighted by molar-refractivity contribution is 6.32. The molecule has 0 aliphatic heterocycles. The number of unbranched alkanes of at least 4 members (excludes halogenated alkanes) is 1. The highest BCUT2D eigenvalue weighted by Crippen LogP contribution is 2.25. The van der Waals surface area contributed by atoms with Gasteiger partial charge >= 0.3 is 5.97 Å². The highest BCUT2D eigenvalue weighted by Gasteiger charge is 2.22. The van der Waals surface area contributed by atoms with Crippen LogP contribution in [0.3, 0.4) is 0 Å². The second kappa shape index (κ2) is 9.41. The van der Waals surface area contributed by atoms with Crippen LogP contribution in [0.25, 0.3) is 0 Å². The third-order valence-electron chi connectivity index (χ3n) is 3.96. The van der Waals surface area contributed by atoms with E-state index in [4.69, 9.17) is 21.1 Å². The van der Waals surface area contributed by atoms with Gasteiger partial charge in [0.2, 0.25) is 0 Å². The van der Waals surface area contributed by atoms with E-state index in [1.54, 1.807) is 23.7 Å². The topological polar surface area (TPSA) is 82.5 Å². The van der Waals surface area contributed by atoms with E-state index in [0.717, 1.165) is 18.4 Å². The SMILES string of the molecule is CCCCn1nc(C)c(C(=O)OCC(=O)Nc2cc(C)ccc2OC)c1Cl. The molecule has 0 unspecified atom stereocenters. The van der Waals surface area contributed by atoms with E-state index in [2.05, 4.69) is 17.3 Å². The second-order valence-electron chi connectivity index (χ2n) is 6.16. The zero-order valence-corrected chi connectivity index (χ0v) is 16.7. The Morgan fingerprint density at radius 1 is 1.30 bits per heavy atom. The highest BCUT2D eigenvalue weighted by atomic mass is 35.5. The number of hydrogen-bond acceptors (Lipinski definition) is 5. The van der Waals surface area contributed by atoms with Crippen molar-refractivity contribution in [2.45, 2.75) is 40.2 Å². The Morgan fingerprint density at radius 3 is 2.70 bits per heavy atom. The molecule has 1 amide bonds. The summed E-state index contributed by atoms with van der Waals surface area (Å²) in [7, 11) is 1.52. The van der Waals surface area contributed by atoms with Gasteiger partial charge in [-0.15, -0.1) is 0 Å². The first-order chi connectivity index (χ1) is 12.9. The number of methoxy groups -OCH3 is 1. The number of aryl methyl sites for hydroxylation is 3. The van der Waals surface area contributed by atoms with Crippen LogP contribution < -0.4 is 10.1 Å². The van der Waals surface area contributed by atoms with Gasteiger partial charge in [0.15, 0.2) is 6.61 Å². The Kier molecular flexibility index (Phi) is 7.24. The van der Waals surface area contributed by atoms with Crippen LogP contribution in [0, 0.1) is 13.8 Å². The number of benzene rings is 1. The summed E-state index contributed by atoms with van der Waals surface area (Å²) in [4.78, 5) is 24.5. The molecule has 0 saturated carbocycles. The lowest BCUT2D eigenvalue weighted by Crippen LogP contribution is -2.21. The summed E-state index contributed by atoms with van der Waals surface area (Å²) in [5, 5.41) is 7.17. The molecule has 0 radical (unpaired) electrons. The predicted octanol–water partition coefficient (Wildman–Crippen LogP) is 3.76. The molecule has 0 spiro atoms. The molecule has 0 aliphatic rings. The van der Waals surface area contributed by atoms with E-state index in [1.807, 2.05) is 13.0 Å². The van der Waals surface area contributed by atoms with Crippen LogP contribution in [0.5, 0.6) is 5.75 Å². The third-order valence-corrected chi connectivity index (χ3v) is 4.34. The van der Waals surface area contributed by atoms with Crippen molar-refractivity contribution in [3.8, 4) is 5.75 Å². The molecule has 0 aliphatic carbocycles. The average Bonchev–Trinajstić information content (AvgIpc) is 2.91. The lowest BCUT2D eigenvalue weighted by molar-refractivity contribution is -0.119. The van der Waals surface area contributed by atoms with Gasteiger partial charge in [-0.2, -0.15) is 5.10 Å². The van der Waals surface area contributed by atoms with Crippen molar-refractivity contribution in [1.82, 2.24) is 9.78 Å². The Bertz CT molecular complexity index is 833. The molecule has 8 heteroatoms. The largest absolute Gasteiger partial charge is 0.495 e. The maximum atomic E-state index is 12.3. The molecule has 0 fully saturated rings. The fourth-order valence-electron chi connectivity index (χ4n) is 2.55. The van der Waals surface area contributed by atoms with E-state index in [1.165, 1.54) is 7.11 Å². The van der Waals surface area contributed by atoms with Crippen LogP contribution in [0.1, 0.15) is 41.4 Å². The normalized spacial score (nSPS) is 10.6. The van der Waals surface area contributed by atoms with Crippen molar-refractivity contribution in [3.63, 3.8) is 0 Å².